The monoisotopic (exact) mass is 344 g/mol. The SMILES string of the molecule is Cl.Cl.NC[C@H]1CCC[C@H]1C(=O)NCc1nc2ccccc2[nH]1. The lowest BCUT2D eigenvalue weighted by Crippen LogP contribution is -2.34. The molecule has 0 saturated heterocycles. The number of aromatic nitrogens is 2. The fourth-order valence-corrected chi connectivity index (χ4v) is 3.06. The topological polar surface area (TPSA) is 83.8 Å². The average molecular weight is 345 g/mol. The van der Waals surface area contributed by atoms with Crippen LogP contribution in [0.5, 0.6) is 0 Å². The lowest BCUT2D eigenvalue weighted by atomic mass is 9.95. The van der Waals surface area contributed by atoms with Gasteiger partial charge in [-0.05, 0) is 37.4 Å². The van der Waals surface area contributed by atoms with Crippen molar-refractivity contribution in [1.29, 1.82) is 0 Å². The molecular weight excluding hydrogens is 323 g/mol. The predicted molar refractivity (Wildman–Crippen MR) is 92.3 cm³/mol. The maximum atomic E-state index is 12.2. The van der Waals surface area contributed by atoms with Gasteiger partial charge in [0.2, 0.25) is 5.91 Å². The quantitative estimate of drug-likeness (QED) is 0.796. The molecule has 1 saturated carbocycles. The second-order valence-electron chi connectivity index (χ2n) is 5.45. The van der Waals surface area contributed by atoms with E-state index in [9.17, 15) is 4.79 Å². The van der Waals surface area contributed by atoms with Crippen molar-refractivity contribution in [2.45, 2.75) is 25.8 Å². The molecule has 0 aliphatic heterocycles. The van der Waals surface area contributed by atoms with Gasteiger partial charge in [0.1, 0.15) is 5.82 Å². The van der Waals surface area contributed by atoms with E-state index in [2.05, 4.69) is 15.3 Å². The van der Waals surface area contributed by atoms with Gasteiger partial charge in [-0.15, -0.1) is 24.8 Å². The molecule has 1 aliphatic carbocycles. The third-order valence-corrected chi connectivity index (χ3v) is 4.17. The van der Waals surface area contributed by atoms with Crippen LogP contribution in [0.1, 0.15) is 25.1 Å². The number of rotatable bonds is 4. The van der Waals surface area contributed by atoms with E-state index >= 15 is 0 Å². The summed E-state index contributed by atoms with van der Waals surface area (Å²) in [5.41, 5.74) is 7.65. The van der Waals surface area contributed by atoms with Gasteiger partial charge in [-0.1, -0.05) is 18.6 Å². The molecule has 1 fully saturated rings. The lowest BCUT2D eigenvalue weighted by molar-refractivity contribution is -0.126. The highest BCUT2D eigenvalue weighted by Crippen LogP contribution is 2.30. The Labute approximate surface area is 142 Å². The number of H-pyrrole nitrogens is 1. The second kappa shape index (κ2) is 8.36. The number of carbonyl (C=O) groups excluding carboxylic acids is 1. The van der Waals surface area contributed by atoms with Crippen LogP contribution in [0.25, 0.3) is 11.0 Å². The van der Waals surface area contributed by atoms with Gasteiger partial charge in [-0.2, -0.15) is 0 Å². The van der Waals surface area contributed by atoms with E-state index < -0.39 is 0 Å². The molecule has 1 aromatic carbocycles. The van der Waals surface area contributed by atoms with Gasteiger partial charge in [-0.25, -0.2) is 4.98 Å². The molecule has 4 N–H and O–H groups in total. The van der Waals surface area contributed by atoms with Crippen molar-refractivity contribution in [2.24, 2.45) is 17.6 Å². The number of nitrogens with two attached hydrogens (primary N) is 1. The van der Waals surface area contributed by atoms with Gasteiger partial charge < -0.3 is 16.0 Å². The van der Waals surface area contributed by atoms with E-state index in [1.807, 2.05) is 24.3 Å². The van der Waals surface area contributed by atoms with Crippen LogP contribution in [0.2, 0.25) is 0 Å². The molecule has 1 amide bonds. The molecule has 5 nitrogen and oxygen atoms in total. The summed E-state index contributed by atoms with van der Waals surface area (Å²) in [4.78, 5) is 19.9. The summed E-state index contributed by atoms with van der Waals surface area (Å²) in [6, 6.07) is 7.86. The van der Waals surface area contributed by atoms with Crippen molar-refractivity contribution in [3.8, 4) is 0 Å². The maximum absolute atomic E-state index is 12.2. The summed E-state index contributed by atoms with van der Waals surface area (Å²) in [7, 11) is 0. The standard InChI is InChI=1S/C15H20N4O.2ClH/c16-8-10-4-3-5-11(10)15(20)17-9-14-18-12-6-1-2-7-13(12)19-14;;/h1-2,6-7,10-11H,3-5,8-9,16H2,(H,17,20)(H,18,19);2*1H/t10-,11-;;/m1../s1. The van der Waals surface area contributed by atoms with Crippen molar-refractivity contribution in [3.05, 3.63) is 30.1 Å². The Morgan fingerprint density at radius 2 is 2.09 bits per heavy atom. The largest absolute Gasteiger partial charge is 0.349 e. The number of carbonyl (C=O) groups is 1. The summed E-state index contributed by atoms with van der Waals surface area (Å²) in [5, 5.41) is 2.98. The highest BCUT2D eigenvalue weighted by molar-refractivity contribution is 5.85. The maximum Gasteiger partial charge on any atom is 0.223 e. The number of aromatic amines is 1. The third-order valence-electron chi connectivity index (χ3n) is 4.17. The summed E-state index contributed by atoms with van der Waals surface area (Å²) >= 11 is 0. The van der Waals surface area contributed by atoms with Crippen LogP contribution in [0, 0.1) is 11.8 Å². The highest BCUT2D eigenvalue weighted by atomic mass is 35.5. The Morgan fingerprint density at radius 3 is 2.82 bits per heavy atom. The molecule has 0 bridgehead atoms. The van der Waals surface area contributed by atoms with Gasteiger partial charge in [0.05, 0.1) is 17.6 Å². The highest BCUT2D eigenvalue weighted by Gasteiger charge is 2.31. The normalized spacial score (nSPS) is 20.2. The molecular formula is C15H22Cl2N4O. The van der Waals surface area contributed by atoms with Gasteiger partial charge in [0, 0.05) is 5.92 Å². The van der Waals surface area contributed by atoms with Crippen LogP contribution in [0.4, 0.5) is 0 Å². The van der Waals surface area contributed by atoms with Gasteiger partial charge >= 0.3 is 0 Å². The van der Waals surface area contributed by atoms with Gasteiger partial charge in [0.25, 0.3) is 0 Å². The van der Waals surface area contributed by atoms with Gasteiger partial charge in [0.15, 0.2) is 0 Å². The summed E-state index contributed by atoms with van der Waals surface area (Å²) in [6.07, 6.45) is 3.12. The van der Waals surface area contributed by atoms with E-state index in [-0.39, 0.29) is 36.6 Å². The van der Waals surface area contributed by atoms with E-state index in [1.54, 1.807) is 0 Å². The third kappa shape index (κ3) is 3.91. The Bertz CT molecular complexity index is 583. The van der Waals surface area contributed by atoms with Crippen molar-refractivity contribution >= 4 is 41.8 Å². The Morgan fingerprint density at radius 1 is 1.32 bits per heavy atom. The number of hydrogen-bond donors (Lipinski definition) is 3. The molecule has 0 radical (unpaired) electrons. The summed E-state index contributed by atoms with van der Waals surface area (Å²) < 4.78 is 0. The van der Waals surface area contributed by atoms with Crippen LogP contribution >= 0.6 is 24.8 Å². The van der Waals surface area contributed by atoms with Crippen LogP contribution in [0.15, 0.2) is 24.3 Å². The number of amides is 1. The van der Waals surface area contributed by atoms with Crippen LogP contribution in [0.3, 0.4) is 0 Å². The summed E-state index contributed by atoms with van der Waals surface area (Å²) in [5.74, 6) is 1.32. The number of hydrogen-bond acceptors (Lipinski definition) is 3. The zero-order valence-electron chi connectivity index (χ0n) is 12.2. The minimum absolute atomic E-state index is 0. The number of nitrogens with zero attached hydrogens (tertiary/aromatic N) is 1. The minimum atomic E-state index is 0. The van der Waals surface area contributed by atoms with Crippen molar-refractivity contribution in [1.82, 2.24) is 15.3 Å². The molecule has 7 heteroatoms. The first-order valence-corrected chi connectivity index (χ1v) is 7.19. The summed E-state index contributed by atoms with van der Waals surface area (Å²) in [6.45, 7) is 1.05. The average Bonchev–Trinajstić information content (AvgIpc) is 3.10. The predicted octanol–water partition coefficient (Wildman–Crippen LogP) is 2.40. The molecule has 0 unspecified atom stereocenters. The number of benzene rings is 1. The molecule has 1 aliphatic rings. The molecule has 0 spiro atoms. The molecule has 2 aromatic rings. The van der Waals surface area contributed by atoms with Crippen molar-refractivity contribution in [2.75, 3.05) is 6.54 Å². The number of nitrogens with one attached hydrogen (secondary N) is 2. The number of halogens is 2. The zero-order chi connectivity index (χ0) is 13.9. The molecule has 122 valence electrons. The fourth-order valence-electron chi connectivity index (χ4n) is 3.06. The van der Waals surface area contributed by atoms with E-state index in [4.69, 9.17) is 5.73 Å². The second-order valence-corrected chi connectivity index (χ2v) is 5.45. The van der Waals surface area contributed by atoms with E-state index in [1.165, 1.54) is 0 Å². The molecule has 2 atom stereocenters. The zero-order valence-corrected chi connectivity index (χ0v) is 13.9. The minimum Gasteiger partial charge on any atom is -0.349 e. The number of para-hydroxylation sites is 2. The van der Waals surface area contributed by atoms with Gasteiger partial charge in [-0.3, -0.25) is 4.79 Å². The van der Waals surface area contributed by atoms with E-state index in [0.717, 1.165) is 36.1 Å². The fraction of sp³-hybridized carbons (Fsp3) is 0.467. The molecule has 3 rings (SSSR count). The van der Waals surface area contributed by atoms with E-state index in [0.29, 0.717) is 19.0 Å². The van der Waals surface area contributed by atoms with Crippen LogP contribution in [-0.4, -0.2) is 22.4 Å². The van der Waals surface area contributed by atoms with Crippen LogP contribution < -0.4 is 11.1 Å². The first kappa shape index (κ1) is 18.7. The van der Waals surface area contributed by atoms with Crippen molar-refractivity contribution < 1.29 is 4.79 Å². The number of imidazole rings is 1. The number of fused-ring (bicyclic) bond motifs is 1. The Hall–Kier alpha value is -1.30. The van der Waals surface area contributed by atoms with Crippen molar-refractivity contribution in [3.63, 3.8) is 0 Å². The smallest absolute Gasteiger partial charge is 0.223 e. The molecule has 22 heavy (non-hydrogen) atoms. The van der Waals surface area contributed by atoms with Crippen LogP contribution in [-0.2, 0) is 11.3 Å². The molecule has 1 heterocycles. The first-order valence-electron chi connectivity index (χ1n) is 7.19. The Kier molecular flexibility index (Phi) is 7.13. The molecule has 1 aromatic heterocycles. The Balaban J connectivity index is 0.00000121. The lowest BCUT2D eigenvalue weighted by Gasteiger charge is -2.16. The first-order chi connectivity index (χ1) is 9.78.